The molecule has 1 aromatic carbocycles. The summed E-state index contributed by atoms with van der Waals surface area (Å²) in [4.78, 5) is 13.4. The second-order valence-corrected chi connectivity index (χ2v) is 9.11. The quantitative estimate of drug-likeness (QED) is 0.159. The number of methoxy groups -OCH3 is 1. The Morgan fingerprint density at radius 1 is 0.657 bits per heavy atom. The molecule has 0 aliphatic heterocycles. The summed E-state index contributed by atoms with van der Waals surface area (Å²) in [6.07, 6.45) is 0. The van der Waals surface area contributed by atoms with Crippen molar-refractivity contribution < 1.29 is 62.2 Å². The SMILES string of the molecule is CN=C([O-])C([O-])=Nc1ccc(OC)cc1N=C([O-])C([O-])=NC.C[N+](C)(C)C.C[N+](C)(C)C.O.O.[Cu+2]. The molecule has 1 rings (SSSR count). The molecule has 0 unspecified atom stereocenters. The molecule has 0 heterocycles. The van der Waals surface area contributed by atoms with E-state index in [1.165, 1.54) is 25.3 Å². The first kappa shape index (κ1) is 42.4. The van der Waals surface area contributed by atoms with Gasteiger partial charge in [-0.1, -0.05) is 0 Å². The minimum Gasteiger partial charge on any atom is -0.858 e. The van der Waals surface area contributed by atoms with Crippen LogP contribution in [0.4, 0.5) is 11.4 Å². The molecule has 1 aromatic rings. The summed E-state index contributed by atoms with van der Waals surface area (Å²) in [6, 6.07) is 4.06. The smallest absolute Gasteiger partial charge is 0.858 e. The summed E-state index contributed by atoms with van der Waals surface area (Å²) in [5.41, 5.74) is -0.168. The Hall–Kier alpha value is -2.74. The van der Waals surface area contributed by atoms with Crippen molar-refractivity contribution in [3.05, 3.63) is 18.2 Å². The maximum Gasteiger partial charge on any atom is 2.00 e. The van der Waals surface area contributed by atoms with Crippen molar-refractivity contribution >= 4 is 35.0 Å². The zero-order valence-electron chi connectivity index (χ0n) is 22.3. The number of nitrogens with zero attached hydrogens (tertiary/aromatic N) is 6. The average molecular weight is 552 g/mol. The molecular formula is C21H40CuN6O7. The van der Waals surface area contributed by atoms with Crippen molar-refractivity contribution in [2.24, 2.45) is 20.0 Å². The Morgan fingerprint density at radius 2 is 0.971 bits per heavy atom. The number of rotatable bonds is 3. The van der Waals surface area contributed by atoms with Gasteiger partial charge in [0.2, 0.25) is 0 Å². The molecule has 0 fully saturated rings. The van der Waals surface area contributed by atoms with Crippen LogP contribution in [0, 0.1) is 0 Å². The summed E-state index contributed by atoms with van der Waals surface area (Å²) in [7, 11) is 20.7. The minimum absolute atomic E-state index is 0. The van der Waals surface area contributed by atoms with E-state index in [1.807, 2.05) is 0 Å². The fourth-order valence-electron chi connectivity index (χ4n) is 1.32. The van der Waals surface area contributed by atoms with Gasteiger partial charge in [-0.05, 0) is 35.7 Å². The second kappa shape index (κ2) is 19.6. The molecule has 207 valence electrons. The molecule has 0 spiro atoms. The molecule has 13 nitrogen and oxygen atoms in total. The monoisotopic (exact) mass is 551 g/mol. The first-order valence-electron chi connectivity index (χ1n) is 9.48. The van der Waals surface area contributed by atoms with Gasteiger partial charge in [-0.15, -0.1) is 0 Å². The Labute approximate surface area is 218 Å². The third-order valence-corrected chi connectivity index (χ3v) is 2.40. The van der Waals surface area contributed by atoms with Crippen LogP contribution in [-0.2, 0) is 17.1 Å². The zero-order chi connectivity index (χ0) is 25.7. The van der Waals surface area contributed by atoms with Crippen LogP contribution in [0.5, 0.6) is 5.75 Å². The van der Waals surface area contributed by atoms with E-state index in [0.717, 1.165) is 23.1 Å². The average Bonchev–Trinajstić information content (AvgIpc) is 2.65. The molecule has 35 heavy (non-hydrogen) atoms. The van der Waals surface area contributed by atoms with Gasteiger partial charge in [-0.3, -0.25) is 9.98 Å². The van der Waals surface area contributed by atoms with Crippen molar-refractivity contribution in [3.8, 4) is 5.75 Å². The maximum absolute atomic E-state index is 11.5. The van der Waals surface area contributed by atoms with E-state index in [9.17, 15) is 20.4 Å². The van der Waals surface area contributed by atoms with E-state index < -0.39 is 23.6 Å². The minimum atomic E-state index is -1.13. The van der Waals surface area contributed by atoms with Crippen LogP contribution in [0.25, 0.3) is 0 Å². The Kier molecular flexibility index (Phi) is 23.7. The molecular weight excluding hydrogens is 512 g/mol. The summed E-state index contributed by atoms with van der Waals surface area (Å²) in [5.74, 6) is -4.04. The van der Waals surface area contributed by atoms with Gasteiger partial charge >= 0.3 is 17.1 Å². The first-order valence-corrected chi connectivity index (χ1v) is 9.48. The summed E-state index contributed by atoms with van der Waals surface area (Å²) >= 11 is 0. The van der Waals surface area contributed by atoms with E-state index >= 15 is 0 Å². The van der Waals surface area contributed by atoms with Gasteiger partial charge in [-0.2, -0.15) is 0 Å². The Bertz CT molecular complexity index is 822. The number of benzene rings is 1. The molecule has 4 N–H and O–H groups in total. The predicted octanol–water partition coefficient (Wildman–Crippen LogP) is -3.75. The third kappa shape index (κ3) is 25.7. The van der Waals surface area contributed by atoms with Crippen LogP contribution in [-0.4, -0.2) is 121 Å². The van der Waals surface area contributed by atoms with Gasteiger partial charge < -0.3 is 55.1 Å². The van der Waals surface area contributed by atoms with E-state index in [1.54, 1.807) is 0 Å². The van der Waals surface area contributed by atoms with Crippen LogP contribution < -0.4 is 25.2 Å². The van der Waals surface area contributed by atoms with Crippen LogP contribution in [0.1, 0.15) is 0 Å². The molecule has 0 aromatic heterocycles. The molecule has 0 saturated heterocycles. The van der Waals surface area contributed by atoms with Crippen LogP contribution in [0.3, 0.4) is 0 Å². The number of hydrogen-bond donors (Lipinski definition) is 0. The molecule has 1 radical (unpaired) electrons. The number of quaternary nitrogens is 2. The van der Waals surface area contributed by atoms with Crippen molar-refractivity contribution in [3.63, 3.8) is 0 Å². The van der Waals surface area contributed by atoms with E-state index in [0.29, 0.717) is 5.75 Å². The normalized spacial score (nSPS) is 12.3. The topological polar surface area (TPSA) is 214 Å². The van der Waals surface area contributed by atoms with Gasteiger partial charge in [0.1, 0.15) is 5.75 Å². The van der Waals surface area contributed by atoms with Gasteiger partial charge in [0.15, 0.2) is 0 Å². The van der Waals surface area contributed by atoms with Crippen LogP contribution >= 0.6 is 0 Å². The van der Waals surface area contributed by atoms with Crippen LogP contribution in [0.2, 0.25) is 0 Å². The predicted molar refractivity (Wildman–Crippen MR) is 129 cm³/mol. The van der Waals surface area contributed by atoms with Crippen molar-refractivity contribution in [2.45, 2.75) is 0 Å². The van der Waals surface area contributed by atoms with Crippen LogP contribution in [0.15, 0.2) is 38.2 Å². The molecule has 0 saturated carbocycles. The Morgan fingerprint density at radius 3 is 1.26 bits per heavy atom. The van der Waals surface area contributed by atoms with Crippen molar-refractivity contribution in [1.82, 2.24) is 0 Å². The van der Waals surface area contributed by atoms with Gasteiger partial charge in [0.05, 0.1) is 74.9 Å². The largest absolute Gasteiger partial charge is 2.00 e. The van der Waals surface area contributed by atoms with E-state index in [4.69, 9.17) is 4.74 Å². The first-order chi connectivity index (χ1) is 14.4. The van der Waals surface area contributed by atoms with E-state index in [-0.39, 0.29) is 39.4 Å². The molecule has 0 aliphatic rings. The fraction of sp³-hybridized carbons (Fsp3) is 0.524. The van der Waals surface area contributed by atoms with Gasteiger partial charge in [-0.25, -0.2) is 0 Å². The number of hydrogen-bond acceptors (Lipinski definition) is 9. The van der Waals surface area contributed by atoms with Crippen molar-refractivity contribution in [1.29, 1.82) is 0 Å². The Balaban J connectivity index is -0.000000196. The molecule has 0 bridgehead atoms. The summed E-state index contributed by atoms with van der Waals surface area (Å²) in [6.45, 7) is 0. The summed E-state index contributed by atoms with van der Waals surface area (Å²) < 4.78 is 6.96. The third-order valence-electron chi connectivity index (χ3n) is 2.40. The zero-order valence-corrected chi connectivity index (χ0v) is 23.2. The molecule has 0 aliphatic carbocycles. The summed E-state index contributed by atoms with van der Waals surface area (Å²) in [5, 5.41) is 45.3. The molecule has 0 amide bonds. The second-order valence-electron chi connectivity index (χ2n) is 9.11. The fourth-order valence-corrected chi connectivity index (χ4v) is 1.32. The molecule has 14 heteroatoms. The van der Waals surface area contributed by atoms with E-state index in [2.05, 4.69) is 76.4 Å². The van der Waals surface area contributed by atoms with Gasteiger partial charge in [0.25, 0.3) is 0 Å². The number of aliphatic imine (C=N–C) groups is 4. The maximum atomic E-state index is 11.5. The number of ether oxygens (including phenoxy) is 1. The molecule has 0 atom stereocenters. The standard InChI is InChI=1S/C13H16N4O5.2C4H12N.Cu.2H2O/c1-14-10(18)12(20)16-8-5-4-7(22-3)6-9(8)17-13(21)11(19)15-2;2*1-5(2,3)4;;;/h4-6H,1-3H3,(H,14,18)(H,15,19)(H,16,20)(H,17,21);2*1-4H3;;2*1H2/q;2*+1;+2;;/p-4. The van der Waals surface area contributed by atoms with Gasteiger partial charge in [0, 0.05) is 20.2 Å². The van der Waals surface area contributed by atoms with Crippen molar-refractivity contribution in [2.75, 3.05) is 77.6 Å².